The van der Waals surface area contributed by atoms with Crippen molar-refractivity contribution in [3.05, 3.63) is 46.5 Å². The standard InChI is InChI=1S/C20H19F2N7O2S/c1-4-29-8-12(9(2)27-29)11-5-13(17(21)22)25-20-14(11)15(16(32-20)18(23)30)26-19(31)10-6-24-28(3)7-10/h5-8,17H,4H2,1-3H3,(H2,23,30)(H,26,31). The summed E-state index contributed by atoms with van der Waals surface area (Å²) in [6.45, 7) is 4.24. The molecule has 0 fully saturated rings. The molecule has 4 rings (SSSR count). The van der Waals surface area contributed by atoms with Crippen LogP contribution >= 0.6 is 11.3 Å². The van der Waals surface area contributed by atoms with E-state index >= 15 is 0 Å². The highest BCUT2D eigenvalue weighted by atomic mass is 32.1. The average molecular weight is 459 g/mol. The number of aromatic nitrogens is 5. The number of hydrogen-bond donors (Lipinski definition) is 2. The summed E-state index contributed by atoms with van der Waals surface area (Å²) in [5, 5.41) is 11.4. The number of anilines is 1. The third-order valence-electron chi connectivity index (χ3n) is 4.90. The summed E-state index contributed by atoms with van der Waals surface area (Å²) in [6.07, 6.45) is 1.79. The van der Waals surface area contributed by atoms with Crippen LogP contribution in [0.4, 0.5) is 14.5 Å². The number of halogens is 2. The number of aryl methyl sites for hydroxylation is 3. The van der Waals surface area contributed by atoms with E-state index in [0.29, 0.717) is 28.8 Å². The van der Waals surface area contributed by atoms with E-state index < -0.39 is 23.9 Å². The number of thiophene rings is 1. The van der Waals surface area contributed by atoms with Gasteiger partial charge in [0, 0.05) is 36.9 Å². The third-order valence-corrected chi connectivity index (χ3v) is 5.99. The first-order chi connectivity index (χ1) is 15.2. The minimum absolute atomic E-state index is 0.0120. The maximum absolute atomic E-state index is 13.6. The molecule has 0 unspecified atom stereocenters. The molecule has 0 saturated carbocycles. The first kappa shape index (κ1) is 21.6. The zero-order valence-corrected chi connectivity index (χ0v) is 18.2. The maximum atomic E-state index is 13.6. The van der Waals surface area contributed by atoms with Gasteiger partial charge < -0.3 is 11.1 Å². The summed E-state index contributed by atoms with van der Waals surface area (Å²) in [6, 6.07) is 1.26. The van der Waals surface area contributed by atoms with Crippen LogP contribution in [-0.2, 0) is 13.6 Å². The van der Waals surface area contributed by atoms with Gasteiger partial charge >= 0.3 is 0 Å². The van der Waals surface area contributed by atoms with Crippen LogP contribution in [0.1, 0.15) is 44.8 Å². The molecule has 166 valence electrons. The molecule has 0 spiro atoms. The molecule has 4 heterocycles. The van der Waals surface area contributed by atoms with E-state index in [1.807, 2.05) is 6.92 Å². The minimum atomic E-state index is -2.83. The molecule has 0 radical (unpaired) electrons. The van der Waals surface area contributed by atoms with Gasteiger partial charge in [-0.05, 0) is 25.5 Å². The Morgan fingerprint density at radius 3 is 2.59 bits per heavy atom. The summed E-state index contributed by atoms with van der Waals surface area (Å²) in [5.41, 5.74) is 7.07. The van der Waals surface area contributed by atoms with E-state index in [1.165, 1.54) is 23.1 Å². The summed E-state index contributed by atoms with van der Waals surface area (Å²) in [5.74, 6) is -1.33. The smallest absolute Gasteiger partial charge is 0.280 e. The molecule has 0 aromatic carbocycles. The number of nitrogens with zero attached hydrogens (tertiary/aromatic N) is 5. The lowest BCUT2D eigenvalue weighted by Crippen LogP contribution is -2.16. The van der Waals surface area contributed by atoms with Gasteiger partial charge in [-0.2, -0.15) is 10.2 Å². The van der Waals surface area contributed by atoms with Gasteiger partial charge in [0.05, 0.1) is 23.1 Å². The summed E-state index contributed by atoms with van der Waals surface area (Å²) in [4.78, 5) is 29.2. The largest absolute Gasteiger partial charge is 0.365 e. The van der Waals surface area contributed by atoms with Gasteiger partial charge in [-0.25, -0.2) is 13.8 Å². The molecule has 0 aliphatic carbocycles. The van der Waals surface area contributed by atoms with Crippen LogP contribution in [0.3, 0.4) is 0 Å². The van der Waals surface area contributed by atoms with E-state index in [-0.39, 0.29) is 21.0 Å². The second kappa shape index (κ2) is 8.11. The van der Waals surface area contributed by atoms with E-state index in [0.717, 1.165) is 11.3 Å². The van der Waals surface area contributed by atoms with Gasteiger partial charge in [0.1, 0.15) is 15.4 Å². The fraction of sp³-hybridized carbons (Fsp3) is 0.250. The van der Waals surface area contributed by atoms with E-state index in [9.17, 15) is 18.4 Å². The number of amides is 2. The number of nitrogens with one attached hydrogen (secondary N) is 1. The molecular weight excluding hydrogens is 440 g/mol. The Labute approximate surface area is 184 Å². The molecule has 0 aliphatic heterocycles. The fourth-order valence-electron chi connectivity index (χ4n) is 3.40. The molecule has 3 N–H and O–H groups in total. The first-order valence-corrected chi connectivity index (χ1v) is 10.4. The van der Waals surface area contributed by atoms with Gasteiger partial charge in [-0.3, -0.25) is 19.0 Å². The number of rotatable bonds is 6. The number of hydrogen-bond acceptors (Lipinski definition) is 6. The van der Waals surface area contributed by atoms with Crippen LogP contribution in [0.2, 0.25) is 0 Å². The molecule has 32 heavy (non-hydrogen) atoms. The van der Waals surface area contributed by atoms with E-state index in [1.54, 1.807) is 24.9 Å². The van der Waals surface area contributed by atoms with Crippen molar-refractivity contribution in [2.24, 2.45) is 12.8 Å². The van der Waals surface area contributed by atoms with Gasteiger partial charge in [0.25, 0.3) is 18.2 Å². The van der Waals surface area contributed by atoms with Crippen molar-refractivity contribution in [3.63, 3.8) is 0 Å². The number of nitrogens with two attached hydrogens (primary N) is 1. The number of pyridine rings is 1. The summed E-state index contributed by atoms with van der Waals surface area (Å²) < 4.78 is 30.4. The molecule has 2 amide bonds. The molecule has 0 saturated heterocycles. The van der Waals surface area contributed by atoms with Crippen molar-refractivity contribution < 1.29 is 18.4 Å². The van der Waals surface area contributed by atoms with Crippen LogP contribution in [-0.4, -0.2) is 36.4 Å². The topological polar surface area (TPSA) is 121 Å². The monoisotopic (exact) mass is 459 g/mol. The third kappa shape index (κ3) is 3.73. The van der Waals surface area contributed by atoms with Crippen LogP contribution in [0.15, 0.2) is 24.7 Å². The number of carbonyl (C=O) groups excluding carboxylic acids is 2. The molecular formula is C20H19F2N7O2S. The molecule has 9 nitrogen and oxygen atoms in total. The Kier molecular flexibility index (Phi) is 5.46. The van der Waals surface area contributed by atoms with Crippen molar-refractivity contribution in [1.82, 2.24) is 24.5 Å². The predicted molar refractivity (Wildman–Crippen MR) is 116 cm³/mol. The van der Waals surface area contributed by atoms with Gasteiger partial charge in [-0.15, -0.1) is 11.3 Å². The second-order valence-corrected chi connectivity index (χ2v) is 8.09. The highest BCUT2D eigenvalue weighted by Crippen LogP contribution is 2.43. The zero-order valence-electron chi connectivity index (χ0n) is 17.4. The molecule has 4 aromatic heterocycles. The Morgan fingerprint density at radius 1 is 1.28 bits per heavy atom. The Hall–Kier alpha value is -3.67. The molecule has 0 bridgehead atoms. The highest BCUT2D eigenvalue weighted by Gasteiger charge is 2.26. The summed E-state index contributed by atoms with van der Waals surface area (Å²) in [7, 11) is 1.66. The van der Waals surface area contributed by atoms with Crippen molar-refractivity contribution in [2.45, 2.75) is 26.8 Å². The van der Waals surface area contributed by atoms with Gasteiger partial charge in [-0.1, -0.05) is 0 Å². The number of alkyl halides is 2. The molecule has 12 heteroatoms. The van der Waals surface area contributed by atoms with Crippen LogP contribution in [0.25, 0.3) is 21.3 Å². The summed E-state index contributed by atoms with van der Waals surface area (Å²) >= 11 is 0.851. The zero-order chi connectivity index (χ0) is 23.2. The first-order valence-electron chi connectivity index (χ1n) is 9.59. The number of fused-ring (bicyclic) bond motifs is 1. The lowest BCUT2D eigenvalue weighted by Gasteiger charge is -2.10. The van der Waals surface area contributed by atoms with Crippen LogP contribution < -0.4 is 11.1 Å². The Bertz CT molecular complexity index is 1360. The maximum Gasteiger partial charge on any atom is 0.280 e. The van der Waals surface area contributed by atoms with E-state index in [2.05, 4.69) is 20.5 Å². The minimum Gasteiger partial charge on any atom is -0.365 e. The molecule has 0 aliphatic rings. The SMILES string of the molecule is CCn1cc(-c2cc(C(F)F)nc3sc(C(N)=O)c(NC(=O)c4cnn(C)c4)c23)c(C)n1. The van der Waals surface area contributed by atoms with Crippen molar-refractivity contribution in [1.29, 1.82) is 0 Å². The molecule has 0 atom stereocenters. The fourth-order valence-corrected chi connectivity index (χ4v) is 4.42. The van der Waals surface area contributed by atoms with Crippen LogP contribution in [0.5, 0.6) is 0 Å². The quantitative estimate of drug-likeness (QED) is 0.457. The lowest BCUT2D eigenvalue weighted by molar-refractivity contribution is 0.100. The van der Waals surface area contributed by atoms with Crippen molar-refractivity contribution in [2.75, 3.05) is 5.32 Å². The number of primary amides is 1. The average Bonchev–Trinajstić information content (AvgIpc) is 3.44. The van der Waals surface area contributed by atoms with Gasteiger partial charge in [0.15, 0.2) is 0 Å². The van der Waals surface area contributed by atoms with E-state index in [4.69, 9.17) is 5.73 Å². The van der Waals surface area contributed by atoms with Crippen LogP contribution in [0, 0.1) is 6.92 Å². The Morgan fingerprint density at radius 2 is 2.03 bits per heavy atom. The number of carbonyl (C=O) groups is 2. The van der Waals surface area contributed by atoms with Crippen molar-refractivity contribution in [3.8, 4) is 11.1 Å². The van der Waals surface area contributed by atoms with Gasteiger partial charge in [0.2, 0.25) is 0 Å². The highest BCUT2D eigenvalue weighted by molar-refractivity contribution is 7.21. The lowest BCUT2D eigenvalue weighted by atomic mass is 10.0. The Balaban J connectivity index is 1.99. The predicted octanol–water partition coefficient (Wildman–Crippen LogP) is 3.51. The normalized spacial score (nSPS) is 11.4. The second-order valence-electron chi connectivity index (χ2n) is 7.09. The molecule has 4 aromatic rings. The van der Waals surface area contributed by atoms with Crippen molar-refractivity contribution >= 4 is 39.1 Å².